The van der Waals surface area contributed by atoms with Crippen molar-refractivity contribution >= 4 is 22.2 Å². The molecule has 2 N–H and O–H groups in total. The zero-order valence-electron chi connectivity index (χ0n) is 8.14. The second-order valence-corrected chi connectivity index (χ2v) is 4.87. The lowest BCUT2D eigenvalue weighted by molar-refractivity contribution is 0.0845. The van der Waals surface area contributed by atoms with Gasteiger partial charge in [0, 0.05) is 12.6 Å². The van der Waals surface area contributed by atoms with Crippen molar-refractivity contribution < 1.29 is 17.2 Å². The number of hydrogen-bond acceptors (Lipinski definition) is 4. The van der Waals surface area contributed by atoms with Crippen molar-refractivity contribution in [1.82, 2.24) is 4.98 Å². The molecule has 1 rings (SSSR count). The Balaban J connectivity index is 0.00000225. The van der Waals surface area contributed by atoms with E-state index in [0.29, 0.717) is 0 Å². The van der Waals surface area contributed by atoms with Crippen LogP contribution in [0.5, 0.6) is 0 Å². The van der Waals surface area contributed by atoms with Gasteiger partial charge in [-0.05, 0) is 18.7 Å². The van der Waals surface area contributed by atoms with Gasteiger partial charge in [0.2, 0.25) is 0 Å². The first kappa shape index (κ1) is 15.2. The highest BCUT2D eigenvalue weighted by atomic mass is 35.5. The maximum Gasteiger partial charge on any atom is 0.352 e. The summed E-state index contributed by atoms with van der Waals surface area (Å²) in [7, 11) is -4.73. The summed E-state index contributed by atoms with van der Waals surface area (Å²) in [5.74, 6) is 0. The Kier molecular flexibility index (Phi) is 5.24. The van der Waals surface area contributed by atoms with E-state index in [1.165, 1.54) is 12.1 Å². The van der Waals surface area contributed by atoms with E-state index < -0.39 is 33.1 Å². The number of aromatic nitrogens is 1. The Hall–Kier alpha value is -0.790. The highest BCUT2D eigenvalue weighted by molar-refractivity contribution is 7.92. The van der Waals surface area contributed by atoms with E-state index in [2.05, 4.69) is 4.98 Å². The van der Waals surface area contributed by atoms with Gasteiger partial charge in [0.05, 0.1) is 0 Å². The smallest absolute Gasteiger partial charge is 0.330 e. The normalized spacial score (nSPS) is 11.9. The summed E-state index contributed by atoms with van der Waals surface area (Å²) < 4.78 is 49.1. The average Bonchev–Trinajstić information content (AvgIpc) is 2.19. The monoisotopic (exact) mass is 272 g/mol. The van der Waals surface area contributed by atoms with E-state index >= 15 is 0 Å². The van der Waals surface area contributed by atoms with Crippen LogP contribution in [0.2, 0.25) is 0 Å². The Morgan fingerprint density at radius 2 is 2.00 bits per heavy atom. The molecule has 1 heterocycles. The largest absolute Gasteiger partial charge is 0.352 e. The Labute approximate surface area is 98.2 Å². The molecule has 0 aromatic carbocycles. The topological polar surface area (TPSA) is 73.1 Å². The van der Waals surface area contributed by atoms with Gasteiger partial charge in [-0.2, -0.15) is 8.78 Å². The van der Waals surface area contributed by atoms with E-state index in [1.807, 2.05) is 0 Å². The number of halogens is 3. The number of pyridine rings is 1. The van der Waals surface area contributed by atoms with Crippen LogP contribution in [0.3, 0.4) is 0 Å². The number of hydrogen-bond donors (Lipinski definition) is 1. The third kappa shape index (κ3) is 2.87. The first-order valence-electron chi connectivity index (χ1n) is 4.15. The molecule has 1 aromatic rings. The third-order valence-corrected chi connectivity index (χ3v) is 3.52. The molecule has 0 amide bonds. The molecule has 92 valence electrons. The molecule has 4 nitrogen and oxygen atoms in total. The van der Waals surface area contributed by atoms with Crippen LogP contribution in [0.15, 0.2) is 29.4 Å². The minimum Gasteiger partial charge on any atom is -0.330 e. The number of sulfone groups is 1. The molecule has 0 aliphatic carbocycles. The van der Waals surface area contributed by atoms with E-state index in [4.69, 9.17) is 5.73 Å². The summed E-state index contributed by atoms with van der Waals surface area (Å²) in [4.78, 5) is 3.39. The lowest BCUT2D eigenvalue weighted by Crippen LogP contribution is -2.32. The van der Waals surface area contributed by atoms with Gasteiger partial charge < -0.3 is 5.73 Å². The quantitative estimate of drug-likeness (QED) is 0.894. The number of nitrogens with two attached hydrogens (primary N) is 1. The van der Waals surface area contributed by atoms with Gasteiger partial charge in [-0.1, -0.05) is 6.07 Å². The molecule has 0 saturated carbocycles. The summed E-state index contributed by atoms with van der Waals surface area (Å²) in [6, 6.07) is 3.80. The Morgan fingerprint density at radius 3 is 2.44 bits per heavy atom. The van der Waals surface area contributed by atoms with E-state index in [9.17, 15) is 17.2 Å². The van der Waals surface area contributed by atoms with Crippen molar-refractivity contribution in [3.05, 3.63) is 24.4 Å². The van der Waals surface area contributed by atoms with Crippen LogP contribution in [0.1, 0.15) is 6.42 Å². The van der Waals surface area contributed by atoms with Crippen LogP contribution in [-0.2, 0) is 9.84 Å². The van der Waals surface area contributed by atoms with Gasteiger partial charge in [-0.3, -0.25) is 0 Å². The zero-order chi connectivity index (χ0) is 11.5. The molecule has 0 aliphatic rings. The van der Waals surface area contributed by atoms with Gasteiger partial charge in [0.25, 0.3) is 9.84 Å². The van der Waals surface area contributed by atoms with Gasteiger partial charge in [-0.15, -0.1) is 12.4 Å². The highest BCUT2D eigenvalue weighted by Crippen LogP contribution is 2.30. The molecule has 0 atom stereocenters. The standard InChI is InChI=1S/C8H10F2N2O2S.ClH/c9-8(10,4-5-11)15(13,14)7-3-1-2-6-12-7;/h1-3,6H,4-5,11H2;1H. The first-order valence-corrected chi connectivity index (χ1v) is 5.63. The van der Waals surface area contributed by atoms with Gasteiger partial charge in [0.15, 0.2) is 5.03 Å². The van der Waals surface area contributed by atoms with Crippen molar-refractivity contribution in [3.63, 3.8) is 0 Å². The van der Waals surface area contributed by atoms with Crippen molar-refractivity contribution in [2.45, 2.75) is 16.7 Å². The van der Waals surface area contributed by atoms with Crippen LogP contribution in [0.25, 0.3) is 0 Å². The summed E-state index contributed by atoms with van der Waals surface area (Å²) in [5.41, 5.74) is 4.92. The van der Waals surface area contributed by atoms with E-state index in [1.54, 1.807) is 0 Å². The molecular formula is C8H11ClF2N2O2S. The molecular weight excluding hydrogens is 262 g/mol. The van der Waals surface area contributed by atoms with Gasteiger partial charge in [-0.25, -0.2) is 13.4 Å². The average molecular weight is 273 g/mol. The molecule has 16 heavy (non-hydrogen) atoms. The molecule has 0 unspecified atom stereocenters. The maximum atomic E-state index is 13.2. The predicted octanol–water partition coefficient (Wildman–Crippen LogP) is 1.22. The fourth-order valence-electron chi connectivity index (χ4n) is 0.961. The van der Waals surface area contributed by atoms with Crippen LogP contribution < -0.4 is 5.73 Å². The molecule has 0 fully saturated rings. The third-order valence-electron chi connectivity index (χ3n) is 1.74. The summed E-state index contributed by atoms with van der Waals surface area (Å²) in [6.07, 6.45) is 0.233. The van der Waals surface area contributed by atoms with Gasteiger partial charge in [0.1, 0.15) is 0 Å². The fourth-order valence-corrected chi connectivity index (χ4v) is 2.11. The predicted molar refractivity (Wildman–Crippen MR) is 57.3 cm³/mol. The molecule has 8 heteroatoms. The van der Waals surface area contributed by atoms with Gasteiger partial charge >= 0.3 is 5.25 Å². The van der Waals surface area contributed by atoms with Crippen LogP contribution in [0.4, 0.5) is 8.78 Å². The van der Waals surface area contributed by atoms with Crippen LogP contribution in [0, 0.1) is 0 Å². The fraction of sp³-hybridized carbons (Fsp3) is 0.375. The second kappa shape index (κ2) is 5.51. The van der Waals surface area contributed by atoms with Crippen molar-refractivity contribution in [2.24, 2.45) is 5.73 Å². The zero-order valence-corrected chi connectivity index (χ0v) is 9.77. The lowest BCUT2D eigenvalue weighted by Gasteiger charge is -2.14. The number of rotatable bonds is 4. The maximum absolute atomic E-state index is 13.2. The minimum absolute atomic E-state index is 0. The Morgan fingerprint density at radius 1 is 1.38 bits per heavy atom. The van der Waals surface area contributed by atoms with Crippen molar-refractivity contribution in [3.8, 4) is 0 Å². The number of nitrogens with zero attached hydrogens (tertiary/aromatic N) is 1. The SMILES string of the molecule is Cl.NCCC(F)(F)S(=O)(=O)c1ccccn1. The minimum atomic E-state index is -4.73. The van der Waals surface area contributed by atoms with E-state index in [-0.39, 0.29) is 12.4 Å². The lowest BCUT2D eigenvalue weighted by atomic mass is 10.4. The van der Waals surface area contributed by atoms with Crippen LogP contribution in [-0.4, -0.2) is 25.2 Å². The summed E-state index contributed by atoms with van der Waals surface area (Å²) >= 11 is 0. The number of alkyl halides is 2. The molecule has 0 aliphatic heterocycles. The molecule has 0 radical (unpaired) electrons. The highest BCUT2D eigenvalue weighted by Gasteiger charge is 2.45. The molecule has 1 aromatic heterocycles. The summed E-state index contributed by atoms with van der Waals surface area (Å²) in [5, 5.41) is -4.50. The van der Waals surface area contributed by atoms with Crippen molar-refractivity contribution in [1.29, 1.82) is 0 Å². The Bertz CT molecular complexity index is 425. The second-order valence-electron chi connectivity index (χ2n) is 2.85. The van der Waals surface area contributed by atoms with E-state index in [0.717, 1.165) is 12.3 Å². The first-order chi connectivity index (χ1) is 6.92. The summed E-state index contributed by atoms with van der Waals surface area (Å²) in [6.45, 7) is -0.404. The van der Waals surface area contributed by atoms with Crippen molar-refractivity contribution in [2.75, 3.05) is 6.54 Å². The van der Waals surface area contributed by atoms with Crippen LogP contribution >= 0.6 is 12.4 Å². The molecule has 0 saturated heterocycles. The molecule has 0 bridgehead atoms. The molecule has 0 spiro atoms.